The molecule has 0 unspecified atom stereocenters. The summed E-state index contributed by atoms with van der Waals surface area (Å²) < 4.78 is 20.3. The highest BCUT2D eigenvalue weighted by Gasteiger charge is 2.19. The molecule has 0 amide bonds. The highest BCUT2D eigenvalue weighted by Crippen LogP contribution is 2.25. The van der Waals surface area contributed by atoms with E-state index in [2.05, 4.69) is 29.7 Å². The number of nitrogen functional groups attached to an aromatic ring is 1. The van der Waals surface area contributed by atoms with Gasteiger partial charge in [-0.25, -0.2) is 9.78 Å². The molecule has 0 atom stereocenters. The van der Waals surface area contributed by atoms with Crippen molar-refractivity contribution in [2.75, 3.05) is 11.1 Å². The molecule has 4 N–H and O–H groups in total. The summed E-state index contributed by atoms with van der Waals surface area (Å²) in [5, 5.41) is 12.4. The van der Waals surface area contributed by atoms with Crippen LogP contribution in [0.1, 0.15) is 42.0 Å². The zero-order valence-electron chi connectivity index (χ0n) is 18.4. The van der Waals surface area contributed by atoms with Gasteiger partial charge in [0.15, 0.2) is 0 Å². The van der Waals surface area contributed by atoms with Crippen molar-refractivity contribution < 1.29 is 4.39 Å². The Bertz CT molecular complexity index is 1260. The van der Waals surface area contributed by atoms with E-state index in [4.69, 9.17) is 7.07 Å². The smallest absolute Gasteiger partial charge is 0.330 e. The number of nitrogens with zero attached hydrogens (tertiary/aromatic N) is 3. The average Bonchev–Trinajstić information content (AvgIpc) is 2.70. The van der Waals surface area contributed by atoms with E-state index in [1.807, 2.05) is 20.8 Å². The Morgan fingerprint density at radius 1 is 1.32 bits per heavy atom. The van der Waals surface area contributed by atoms with E-state index in [0.29, 0.717) is 22.4 Å². The van der Waals surface area contributed by atoms with Gasteiger partial charge in [0.2, 0.25) is 5.95 Å². The number of nitrogens with two attached hydrogens (primary N) is 1. The lowest BCUT2D eigenvalue weighted by Gasteiger charge is -2.20. The van der Waals surface area contributed by atoms with E-state index in [0.717, 1.165) is 5.56 Å². The molecule has 0 aliphatic heterocycles. The normalized spacial score (nSPS) is 10.6. The highest BCUT2D eigenvalue weighted by atomic mass is 19.1. The van der Waals surface area contributed by atoms with Crippen LogP contribution in [0.3, 0.4) is 0 Å². The molecule has 0 spiro atoms. The number of hydrogen-bond donors (Lipinski definition) is 3. The second-order valence-corrected chi connectivity index (χ2v) is 7.31. The number of H-pyrrole nitrogens is 1. The minimum absolute atomic E-state index is 0.0154. The number of hydrogen-bond acceptors (Lipinski definition) is 6. The van der Waals surface area contributed by atoms with Gasteiger partial charge in [-0.2, -0.15) is 9.65 Å². The summed E-state index contributed by atoms with van der Waals surface area (Å²) in [5.74, 6) is -0.733. The quantitative estimate of drug-likeness (QED) is 0.427. The van der Waals surface area contributed by atoms with E-state index in [1.54, 1.807) is 18.2 Å². The van der Waals surface area contributed by atoms with Crippen molar-refractivity contribution >= 4 is 25.7 Å². The second kappa shape index (κ2) is 9.30. The fourth-order valence-electron chi connectivity index (χ4n) is 3.31. The van der Waals surface area contributed by atoms with Crippen LogP contribution in [-0.2, 0) is 6.54 Å². The number of benzene rings is 1. The van der Waals surface area contributed by atoms with Crippen LogP contribution in [-0.4, -0.2) is 24.2 Å². The van der Waals surface area contributed by atoms with E-state index in [1.165, 1.54) is 16.7 Å². The maximum absolute atomic E-state index is 13.7. The summed E-state index contributed by atoms with van der Waals surface area (Å²) in [4.78, 5) is 31.0. The van der Waals surface area contributed by atoms with Crippen LogP contribution in [0, 0.1) is 24.2 Å². The molecule has 0 aliphatic rings. The Balaban J connectivity index is 0.00000176. The van der Waals surface area contributed by atoms with Crippen LogP contribution in [0.5, 0.6) is 0 Å². The van der Waals surface area contributed by atoms with Gasteiger partial charge in [0.1, 0.15) is 11.6 Å². The molecule has 0 saturated carbocycles. The van der Waals surface area contributed by atoms with Crippen molar-refractivity contribution in [3.63, 3.8) is 0 Å². The van der Waals surface area contributed by atoms with Gasteiger partial charge in [0.05, 0.1) is 23.7 Å². The van der Waals surface area contributed by atoms with Gasteiger partial charge in [-0.15, -0.1) is 0 Å². The molecule has 158 valence electrons. The van der Waals surface area contributed by atoms with E-state index < -0.39 is 17.2 Å². The number of aromatic amines is 1. The van der Waals surface area contributed by atoms with Crippen LogP contribution < -0.4 is 22.3 Å². The van der Waals surface area contributed by atoms with Crippen LogP contribution in [0.15, 0.2) is 39.9 Å². The number of rotatable bonds is 5. The molecule has 0 fully saturated rings. The lowest BCUT2D eigenvalue weighted by Crippen LogP contribution is -2.35. The molecule has 2 aromatic heterocycles. The Morgan fingerprint density at radius 2 is 2.03 bits per heavy atom. The molecule has 3 aromatic rings. The van der Waals surface area contributed by atoms with Gasteiger partial charge in [-0.05, 0) is 55.6 Å². The molecule has 10 heteroatoms. The van der Waals surface area contributed by atoms with Crippen molar-refractivity contribution in [2.24, 2.45) is 0 Å². The standard InChI is InChI=1S/C21H21FN6O2.BH/c1-11(2)18-19(25-15-5-12(3)4-13(6-15)9-23)28(21(30)27-20(18)29)10-14-7-16(22)26-17(24)8-14;/h4-8,11,25H,10H2,1-3H3,(H2,24,26)(H,27,29,30);1H/i;1D. The van der Waals surface area contributed by atoms with E-state index in [-0.39, 0.29) is 24.1 Å². The molecule has 0 saturated heterocycles. The van der Waals surface area contributed by atoms with Gasteiger partial charge >= 0.3 is 5.69 Å². The zero-order valence-corrected chi connectivity index (χ0v) is 17.4. The third-order valence-electron chi connectivity index (χ3n) is 4.50. The molecule has 0 aliphatic carbocycles. The molecule has 0 bridgehead atoms. The second-order valence-electron chi connectivity index (χ2n) is 7.31. The summed E-state index contributed by atoms with van der Waals surface area (Å²) in [6.07, 6.45) is 0. The number of halogens is 1. The molecule has 3 rings (SSSR count). The van der Waals surface area contributed by atoms with Crippen molar-refractivity contribution in [1.29, 1.82) is 6.60 Å². The number of pyridine rings is 1. The number of aryl methyl sites for hydroxylation is 1. The molecule has 31 heavy (non-hydrogen) atoms. The topological polar surface area (TPSA) is 130 Å². The average molecular weight is 421 g/mol. The summed E-state index contributed by atoms with van der Waals surface area (Å²) in [5.41, 5.74) is 7.05. The van der Waals surface area contributed by atoms with Crippen molar-refractivity contribution in [2.45, 2.75) is 33.2 Å². The molecule has 8 nitrogen and oxygen atoms in total. The fraction of sp³-hybridized carbons (Fsp3) is 0.238. The summed E-state index contributed by atoms with van der Waals surface area (Å²) in [6, 6.07) is 9.86. The lowest BCUT2D eigenvalue weighted by molar-refractivity contribution is 0.581. The molecule has 2 radical (unpaired) electrons. The van der Waals surface area contributed by atoms with Gasteiger partial charge in [-0.1, -0.05) is 13.8 Å². The van der Waals surface area contributed by atoms with Gasteiger partial charge < -0.3 is 11.1 Å². The number of nitrogens with one attached hydrogen (secondary N) is 2. The van der Waals surface area contributed by atoms with Gasteiger partial charge in [-0.3, -0.25) is 14.3 Å². The Hall–Kier alpha value is -3.87. The predicted molar refractivity (Wildman–Crippen MR) is 119 cm³/mol. The van der Waals surface area contributed by atoms with Crippen LogP contribution in [0.25, 0.3) is 0 Å². The summed E-state index contributed by atoms with van der Waals surface area (Å²) in [6.45, 7) is 5.44. The first kappa shape index (κ1) is 21.8. The highest BCUT2D eigenvalue weighted by molar-refractivity contribution is 5.75. The number of aromatic nitrogens is 3. The maximum atomic E-state index is 13.7. The fourth-order valence-corrected chi connectivity index (χ4v) is 3.31. The van der Waals surface area contributed by atoms with Crippen molar-refractivity contribution in [3.05, 3.63) is 79.4 Å². The molecule has 2 heterocycles. The SMILES string of the molecule is Cc1cc(C#N)cc(Nc2c(C(C)C)c(=O)[nH]c(=O)n2Cc2cc(N)nc(F)c2)c1.[2H][B]. The predicted octanol–water partition coefficient (Wildman–Crippen LogP) is 2.10. The van der Waals surface area contributed by atoms with Crippen molar-refractivity contribution in [1.82, 2.24) is 14.5 Å². The number of nitriles is 1. The summed E-state index contributed by atoms with van der Waals surface area (Å²) >= 11 is 0. The Morgan fingerprint density at radius 3 is 2.65 bits per heavy atom. The first-order valence-corrected chi connectivity index (χ1v) is 9.25. The Labute approximate surface area is 181 Å². The van der Waals surface area contributed by atoms with Crippen LogP contribution in [0.4, 0.5) is 21.7 Å². The molecular formula is C21H22BFN6O2. The van der Waals surface area contributed by atoms with E-state index >= 15 is 0 Å². The number of anilines is 3. The maximum Gasteiger partial charge on any atom is 0.330 e. The largest absolute Gasteiger partial charge is 0.384 e. The third kappa shape index (κ3) is 5.19. The zero-order chi connectivity index (χ0) is 24.0. The minimum atomic E-state index is -0.765. The summed E-state index contributed by atoms with van der Waals surface area (Å²) in [7, 11) is 3.75. The monoisotopic (exact) mass is 421 g/mol. The molecular weight excluding hydrogens is 398 g/mol. The van der Waals surface area contributed by atoms with Crippen molar-refractivity contribution in [3.8, 4) is 6.07 Å². The first-order chi connectivity index (χ1) is 15.2. The van der Waals surface area contributed by atoms with Gasteiger partial charge in [0.25, 0.3) is 5.56 Å². The van der Waals surface area contributed by atoms with Crippen LogP contribution in [0.2, 0.25) is 0 Å². The minimum Gasteiger partial charge on any atom is -0.384 e. The van der Waals surface area contributed by atoms with Gasteiger partial charge in [0, 0.05) is 14.1 Å². The molecule has 1 aromatic carbocycles. The Kier molecular flexibility index (Phi) is 6.55. The lowest BCUT2D eigenvalue weighted by atomic mass is 10.0. The van der Waals surface area contributed by atoms with E-state index in [9.17, 15) is 19.2 Å². The first-order valence-electron chi connectivity index (χ1n) is 9.83. The van der Waals surface area contributed by atoms with Crippen LogP contribution >= 0.6 is 0 Å². The third-order valence-corrected chi connectivity index (χ3v) is 4.50.